The summed E-state index contributed by atoms with van der Waals surface area (Å²) in [5, 5.41) is 3.28. The van der Waals surface area contributed by atoms with Crippen LogP contribution in [-0.2, 0) is 4.79 Å². The maximum absolute atomic E-state index is 12.1. The number of rotatable bonds is 4. The van der Waals surface area contributed by atoms with E-state index in [4.69, 9.17) is 5.73 Å². The van der Waals surface area contributed by atoms with Crippen molar-refractivity contribution in [1.82, 2.24) is 19.9 Å². The third-order valence-electron chi connectivity index (χ3n) is 3.20. The lowest BCUT2D eigenvalue weighted by Crippen LogP contribution is -2.14. The predicted octanol–water partition coefficient (Wildman–Crippen LogP) is 1.58. The van der Waals surface area contributed by atoms with Crippen molar-refractivity contribution < 1.29 is 4.79 Å². The van der Waals surface area contributed by atoms with Crippen molar-refractivity contribution in [3.05, 3.63) is 39.7 Å². The Morgan fingerprint density at radius 3 is 2.62 bits per heavy atom. The van der Waals surface area contributed by atoms with Crippen molar-refractivity contribution in [2.24, 2.45) is 0 Å². The zero-order chi connectivity index (χ0) is 17.3. The van der Waals surface area contributed by atoms with Gasteiger partial charge in [-0.15, -0.1) is 0 Å². The molecule has 0 aliphatic carbocycles. The molecule has 1 amide bonds. The molecule has 0 saturated carbocycles. The standard InChI is InChI=1S/C15H16N6O2S/c1-7-3-8(2)5-9(4-7)17-10(22)6-24-15-18-11-12(20-15)19-14(16)21-13(11)23/h3-5H,6H2,1-2H3,(H,17,22)(H4,16,18,19,20,21,23). The van der Waals surface area contributed by atoms with Crippen LogP contribution < -0.4 is 16.6 Å². The molecule has 0 atom stereocenters. The van der Waals surface area contributed by atoms with Crippen LogP contribution in [0.3, 0.4) is 0 Å². The quantitative estimate of drug-likeness (QED) is 0.532. The van der Waals surface area contributed by atoms with Gasteiger partial charge in [0.25, 0.3) is 5.56 Å². The highest BCUT2D eigenvalue weighted by atomic mass is 32.2. The number of carbonyl (C=O) groups is 1. The molecule has 24 heavy (non-hydrogen) atoms. The SMILES string of the molecule is Cc1cc(C)cc(NC(=O)CSc2nc3nc(N)[nH]c(=O)c3[nH]2)c1. The lowest BCUT2D eigenvalue weighted by atomic mass is 10.1. The predicted molar refractivity (Wildman–Crippen MR) is 94.2 cm³/mol. The van der Waals surface area contributed by atoms with Gasteiger partial charge in [0, 0.05) is 5.69 Å². The van der Waals surface area contributed by atoms with E-state index in [1.165, 1.54) is 11.8 Å². The van der Waals surface area contributed by atoms with Crippen LogP contribution in [0.25, 0.3) is 11.2 Å². The third kappa shape index (κ3) is 3.57. The first-order valence-corrected chi connectivity index (χ1v) is 8.16. The molecule has 5 N–H and O–H groups in total. The molecule has 9 heteroatoms. The molecule has 0 saturated heterocycles. The minimum Gasteiger partial charge on any atom is -0.369 e. The van der Waals surface area contributed by atoms with Crippen molar-refractivity contribution in [3.8, 4) is 0 Å². The first-order chi connectivity index (χ1) is 11.4. The van der Waals surface area contributed by atoms with Crippen LogP contribution in [0.15, 0.2) is 28.2 Å². The highest BCUT2D eigenvalue weighted by molar-refractivity contribution is 7.99. The number of hydrogen-bond donors (Lipinski definition) is 4. The van der Waals surface area contributed by atoms with Crippen LogP contribution >= 0.6 is 11.8 Å². The largest absolute Gasteiger partial charge is 0.369 e. The summed E-state index contributed by atoms with van der Waals surface area (Å²) in [4.78, 5) is 37.1. The summed E-state index contributed by atoms with van der Waals surface area (Å²) in [7, 11) is 0. The van der Waals surface area contributed by atoms with Gasteiger partial charge in [0.1, 0.15) is 0 Å². The van der Waals surface area contributed by atoms with E-state index in [9.17, 15) is 9.59 Å². The van der Waals surface area contributed by atoms with Gasteiger partial charge in [-0.2, -0.15) is 4.98 Å². The molecule has 0 fully saturated rings. The number of H-pyrrole nitrogens is 2. The van der Waals surface area contributed by atoms with Crippen LogP contribution in [0, 0.1) is 13.8 Å². The Hall–Kier alpha value is -2.81. The van der Waals surface area contributed by atoms with Gasteiger partial charge in [-0.1, -0.05) is 17.8 Å². The van der Waals surface area contributed by atoms with Crippen molar-refractivity contribution in [2.75, 3.05) is 16.8 Å². The molecule has 3 rings (SSSR count). The number of aryl methyl sites for hydroxylation is 2. The molecule has 0 spiro atoms. The first-order valence-electron chi connectivity index (χ1n) is 7.17. The summed E-state index contributed by atoms with van der Waals surface area (Å²) < 4.78 is 0. The van der Waals surface area contributed by atoms with Crippen molar-refractivity contribution >= 4 is 40.5 Å². The number of imidazole rings is 1. The monoisotopic (exact) mass is 344 g/mol. The Bertz CT molecular complexity index is 957. The summed E-state index contributed by atoms with van der Waals surface area (Å²) in [5.41, 5.74) is 8.47. The Morgan fingerprint density at radius 2 is 1.92 bits per heavy atom. The van der Waals surface area contributed by atoms with E-state index in [1.807, 2.05) is 32.0 Å². The number of hydrogen-bond acceptors (Lipinski definition) is 6. The lowest BCUT2D eigenvalue weighted by Gasteiger charge is -2.06. The molecule has 2 heterocycles. The topological polar surface area (TPSA) is 130 Å². The number of aromatic amines is 2. The number of fused-ring (bicyclic) bond motifs is 1. The van der Waals surface area contributed by atoms with Crippen LogP contribution in [0.2, 0.25) is 0 Å². The van der Waals surface area contributed by atoms with Gasteiger partial charge in [0.2, 0.25) is 11.9 Å². The molecule has 1 aromatic carbocycles. The number of nitrogens with two attached hydrogens (primary N) is 1. The molecule has 0 unspecified atom stereocenters. The fourth-order valence-corrected chi connectivity index (χ4v) is 3.01. The van der Waals surface area contributed by atoms with Crippen LogP contribution in [0.4, 0.5) is 11.6 Å². The molecule has 124 valence electrons. The van der Waals surface area contributed by atoms with Gasteiger partial charge in [-0.05, 0) is 37.1 Å². The molecular formula is C15H16N6O2S. The number of amides is 1. The van der Waals surface area contributed by atoms with Gasteiger partial charge in [-0.25, -0.2) is 4.98 Å². The van der Waals surface area contributed by atoms with Gasteiger partial charge in [0.05, 0.1) is 5.75 Å². The first kappa shape index (κ1) is 16.1. The van der Waals surface area contributed by atoms with E-state index < -0.39 is 5.56 Å². The fraction of sp³-hybridized carbons (Fsp3) is 0.200. The Balaban J connectivity index is 1.68. The number of nitrogens with zero attached hydrogens (tertiary/aromatic N) is 2. The zero-order valence-corrected chi connectivity index (χ0v) is 14.0. The summed E-state index contributed by atoms with van der Waals surface area (Å²) in [6, 6.07) is 5.85. The average Bonchev–Trinajstić information content (AvgIpc) is 2.87. The Morgan fingerprint density at radius 1 is 1.21 bits per heavy atom. The number of nitrogen functional groups attached to an aromatic ring is 1. The van der Waals surface area contributed by atoms with Gasteiger partial charge in [0.15, 0.2) is 16.3 Å². The van der Waals surface area contributed by atoms with Crippen molar-refractivity contribution in [2.45, 2.75) is 19.0 Å². The minimum atomic E-state index is -0.392. The second kappa shape index (κ2) is 6.36. The van der Waals surface area contributed by atoms with Crippen molar-refractivity contribution in [3.63, 3.8) is 0 Å². The van der Waals surface area contributed by atoms with Crippen LogP contribution in [0.1, 0.15) is 11.1 Å². The maximum Gasteiger partial charge on any atom is 0.278 e. The van der Waals surface area contributed by atoms with E-state index in [0.717, 1.165) is 16.8 Å². The molecule has 0 aliphatic rings. The van der Waals surface area contributed by atoms with E-state index in [-0.39, 0.29) is 28.8 Å². The molecule has 0 bridgehead atoms. The third-order valence-corrected chi connectivity index (χ3v) is 4.08. The van der Waals surface area contributed by atoms with Gasteiger partial charge in [-0.3, -0.25) is 14.6 Å². The van der Waals surface area contributed by atoms with Crippen LogP contribution in [0.5, 0.6) is 0 Å². The maximum atomic E-state index is 12.1. The normalized spacial score (nSPS) is 10.9. The highest BCUT2D eigenvalue weighted by Crippen LogP contribution is 2.18. The molecule has 0 radical (unpaired) electrons. The number of carbonyl (C=O) groups excluding carboxylic acids is 1. The summed E-state index contributed by atoms with van der Waals surface area (Å²) in [6.07, 6.45) is 0. The summed E-state index contributed by atoms with van der Waals surface area (Å²) in [5.74, 6) is -0.00448. The second-order valence-corrected chi connectivity index (χ2v) is 6.37. The second-order valence-electron chi connectivity index (χ2n) is 5.40. The smallest absolute Gasteiger partial charge is 0.278 e. The number of aromatic nitrogens is 4. The van der Waals surface area contributed by atoms with Crippen LogP contribution in [-0.4, -0.2) is 31.6 Å². The summed E-state index contributed by atoms with van der Waals surface area (Å²) in [6.45, 7) is 3.95. The van der Waals surface area contributed by atoms with E-state index in [1.54, 1.807) is 0 Å². The minimum absolute atomic E-state index is 0.00288. The molecule has 8 nitrogen and oxygen atoms in total. The molecule has 3 aromatic rings. The summed E-state index contributed by atoms with van der Waals surface area (Å²) >= 11 is 1.18. The van der Waals surface area contributed by atoms with E-state index in [2.05, 4.69) is 25.3 Å². The van der Waals surface area contributed by atoms with E-state index in [0.29, 0.717) is 5.16 Å². The Kier molecular flexibility index (Phi) is 4.26. The van der Waals surface area contributed by atoms with E-state index >= 15 is 0 Å². The van der Waals surface area contributed by atoms with Crippen molar-refractivity contribution in [1.29, 1.82) is 0 Å². The fourth-order valence-electron chi connectivity index (χ4n) is 2.35. The average molecular weight is 344 g/mol. The molecule has 2 aromatic heterocycles. The van der Waals surface area contributed by atoms with Gasteiger partial charge >= 0.3 is 0 Å². The number of benzene rings is 1. The highest BCUT2D eigenvalue weighted by Gasteiger charge is 2.11. The zero-order valence-electron chi connectivity index (χ0n) is 13.1. The Labute approximate surface area is 141 Å². The number of nitrogens with one attached hydrogen (secondary N) is 3. The molecule has 0 aliphatic heterocycles. The number of anilines is 2. The molecular weight excluding hydrogens is 328 g/mol. The van der Waals surface area contributed by atoms with Gasteiger partial charge < -0.3 is 16.0 Å². The number of thioether (sulfide) groups is 1. The lowest BCUT2D eigenvalue weighted by molar-refractivity contribution is -0.113.